The molecule has 0 bridgehead atoms. The average molecular weight is 462 g/mol. The van der Waals surface area contributed by atoms with Gasteiger partial charge < -0.3 is 19.5 Å². The molecule has 33 heavy (non-hydrogen) atoms. The third-order valence-corrected chi connectivity index (χ3v) is 5.58. The quantitative estimate of drug-likeness (QED) is 0.607. The van der Waals surface area contributed by atoms with Gasteiger partial charge in [0.05, 0.1) is 5.69 Å². The fourth-order valence-electron chi connectivity index (χ4n) is 3.93. The van der Waals surface area contributed by atoms with Crippen LogP contribution in [0.15, 0.2) is 42.6 Å². The van der Waals surface area contributed by atoms with Gasteiger partial charge in [-0.1, -0.05) is 12.1 Å². The number of anilines is 1. The molecular formula is C22H25F3N6O2. The second kappa shape index (κ2) is 9.55. The Morgan fingerprint density at radius 3 is 2.55 bits per heavy atom. The Labute approximate surface area is 189 Å². The van der Waals surface area contributed by atoms with Crippen molar-refractivity contribution in [2.75, 3.05) is 31.1 Å². The maximum absolute atomic E-state index is 12.4. The summed E-state index contributed by atoms with van der Waals surface area (Å²) >= 11 is 0. The highest BCUT2D eigenvalue weighted by Gasteiger charge is 2.31. The Kier molecular flexibility index (Phi) is 6.57. The lowest BCUT2D eigenvalue weighted by Gasteiger charge is -2.23. The number of aryl methyl sites for hydroxylation is 1. The van der Waals surface area contributed by atoms with Gasteiger partial charge in [0.1, 0.15) is 5.75 Å². The van der Waals surface area contributed by atoms with Crippen LogP contribution in [-0.4, -0.2) is 63.1 Å². The van der Waals surface area contributed by atoms with E-state index < -0.39 is 6.36 Å². The molecule has 4 rings (SSSR count). The van der Waals surface area contributed by atoms with Crippen molar-refractivity contribution in [1.82, 2.24) is 24.6 Å². The number of aromatic amines is 1. The molecule has 2 aromatic heterocycles. The number of halogens is 3. The van der Waals surface area contributed by atoms with Crippen LogP contribution in [0.1, 0.15) is 18.9 Å². The van der Waals surface area contributed by atoms with Crippen LogP contribution in [0.3, 0.4) is 0 Å². The van der Waals surface area contributed by atoms with E-state index in [1.165, 1.54) is 12.1 Å². The first-order valence-corrected chi connectivity index (χ1v) is 10.7. The zero-order valence-electron chi connectivity index (χ0n) is 18.2. The molecule has 1 amide bonds. The van der Waals surface area contributed by atoms with Gasteiger partial charge >= 0.3 is 6.36 Å². The van der Waals surface area contributed by atoms with E-state index in [4.69, 9.17) is 0 Å². The van der Waals surface area contributed by atoms with E-state index in [-0.39, 0.29) is 11.7 Å². The normalized spacial score (nSPS) is 14.9. The first kappa shape index (κ1) is 22.7. The van der Waals surface area contributed by atoms with E-state index in [1.54, 1.807) is 19.1 Å². The van der Waals surface area contributed by atoms with Crippen molar-refractivity contribution >= 4 is 11.9 Å². The van der Waals surface area contributed by atoms with E-state index in [9.17, 15) is 18.0 Å². The third kappa shape index (κ3) is 5.65. The number of benzene rings is 1. The number of H-pyrrole nitrogens is 1. The van der Waals surface area contributed by atoms with Crippen LogP contribution < -0.4 is 9.64 Å². The molecule has 1 N–H and O–H groups in total. The van der Waals surface area contributed by atoms with Crippen molar-refractivity contribution < 1.29 is 22.7 Å². The lowest BCUT2D eigenvalue weighted by molar-refractivity contribution is -0.274. The fourth-order valence-corrected chi connectivity index (χ4v) is 3.93. The summed E-state index contributed by atoms with van der Waals surface area (Å²) in [6.07, 6.45) is -1.51. The van der Waals surface area contributed by atoms with Crippen molar-refractivity contribution in [3.05, 3.63) is 48.2 Å². The highest BCUT2D eigenvalue weighted by molar-refractivity contribution is 5.73. The first-order valence-electron chi connectivity index (χ1n) is 10.7. The number of hydrogen-bond acceptors (Lipinski definition) is 5. The summed E-state index contributed by atoms with van der Waals surface area (Å²) in [5, 5.41) is 8.84. The van der Waals surface area contributed by atoms with Gasteiger partial charge in [0, 0.05) is 45.8 Å². The third-order valence-electron chi connectivity index (χ3n) is 5.58. The number of aromatic nitrogens is 4. The number of nitrogens with zero attached hydrogens (tertiary/aromatic N) is 5. The predicted molar refractivity (Wildman–Crippen MR) is 116 cm³/mol. The van der Waals surface area contributed by atoms with Gasteiger partial charge in [-0.15, -0.1) is 23.4 Å². The maximum Gasteiger partial charge on any atom is 0.573 e. The molecule has 3 heterocycles. The minimum Gasteiger partial charge on any atom is -0.406 e. The molecule has 0 atom stereocenters. The molecule has 8 nitrogen and oxygen atoms in total. The number of carbonyl (C=O) groups excluding carboxylic acids is 1. The molecule has 3 aromatic rings. The summed E-state index contributed by atoms with van der Waals surface area (Å²) in [6.45, 7) is 4.81. The highest BCUT2D eigenvalue weighted by atomic mass is 19.4. The monoisotopic (exact) mass is 462 g/mol. The largest absolute Gasteiger partial charge is 0.573 e. The summed E-state index contributed by atoms with van der Waals surface area (Å²) in [7, 11) is 0. The number of amides is 1. The zero-order chi connectivity index (χ0) is 23.4. The van der Waals surface area contributed by atoms with Crippen molar-refractivity contribution in [2.45, 2.75) is 32.7 Å². The average Bonchev–Trinajstić information content (AvgIpc) is 3.36. The Morgan fingerprint density at radius 1 is 1.09 bits per heavy atom. The molecule has 0 spiro atoms. The van der Waals surface area contributed by atoms with Gasteiger partial charge in [0.25, 0.3) is 0 Å². The molecule has 0 radical (unpaired) electrons. The summed E-state index contributed by atoms with van der Waals surface area (Å²) in [5.41, 5.74) is 1.68. The molecule has 0 saturated carbocycles. The number of carbonyl (C=O) groups is 1. The number of rotatable bonds is 6. The predicted octanol–water partition coefficient (Wildman–Crippen LogP) is 3.47. The number of alkyl halides is 3. The van der Waals surface area contributed by atoms with Gasteiger partial charge in [-0.25, -0.2) is 0 Å². The van der Waals surface area contributed by atoms with E-state index >= 15 is 0 Å². The van der Waals surface area contributed by atoms with Crippen molar-refractivity contribution in [1.29, 1.82) is 0 Å². The summed E-state index contributed by atoms with van der Waals surface area (Å²) < 4.78 is 43.2. The van der Waals surface area contributed by atoms with Crippen molar-refractivity contribution in [3.8, 4) is 17.3 Å². The second-order valence-electron chi connectivity index (χ2n) is 7.85. The van der Waals surface area contributed by atoms with Crippen molar-refractivity contribution in [3.63, 3.8) is 0 Å². The van der Waals surface area contributed by atoms with Crippen LogP contribution in [0.25, 0.3) is 11.5 Å². The highest BCUT2D eigenvalue weighted by Crippen LogP contribution is 2.25. The summed E-state index contributed by atoms with van der Waals surface area (Å²) in [6, 6.07) is 9.66. The Hall–Kier alpha value is -3.50. The number of ether oxygens (including phenoxy) is 1. The molecule has 1 aliphatic rings. The van der Waals surface area contributed by atoms with Gasteiger partial charge in [0.2, 0.25) is 11.9 Å². The van der Waals surface area contributed by atoms with Gasteiger partial charge in [-0.2, -0.15) is 0 Å². The summed E-state index contributed by atoms with van der Waals surface area (Å²) in [5.74, 6) is 1.20. The SMILES string of the molecule is CC(=O)N1CCCN(c2nnc(-c3ccc[nH]3)n2CCc2ccc(OC(F)(F)F)cc2)CC1. The van der Waals surface area contributed by atoms with E-state index in [2.05, 4.69) is 24.8 Å². The first-order chi connectivity index (χ1) is 15.8. The van der Waals surface area contributed by atoms with Gasteiger partial charge in [-0.05, 0) is 42.7 Å². The van der Waals surface area contributed by atoms with Gasteiger partial charge in [0.15, 0.2) is 5.82 Å². The van der Waals surface area contributed by atoms with Crippen LogP contribution >= 0.6 is 0 Å². The minimum atomic E-state index is -4.71. The molecule has 1 saturated heterocycles. The minimum absolute atomic E-state index is 0.0586. The van der Waals surface area contributed by atoms with Crippen LogP contribution in [-0.2, 0) is 17.8 Å². The smallest absolute Gasteiger partial charge is 0.406 e. The van der Waals surface area contributed by atoms with E-state index in [0.717, 1.165) is 24.2 Å². The van der Waals surface area contributed by atoms with E-state index in [1.807, 2.05) is 27.8 Å². The molecule has 0 aliphatic carbocycles. The molecule has 1 aliphatic heterocycles. The Morgan fingerprint density at radius 2 is 1.88 bits per heavy atom. The zero-order valence-corrected chi connectivity index (χ0v) is 18.2. The van der Waals surface area contributed by atoms with Crippen molar-refractivity contribution in [2.24, 2.45) is 0 Å². The molecule has 176 valence electrons. The van der Waals surface area contributed by atoms with Crippen LogP contribution in [0.5, 0.6) is 5.75 Å². The molecule has 1 aromatic carbocycles. The van der Waals surface area contributed by atoms with Gasteiger partial charge in [-0.3, -0.25) is 9.36 Å². The topological polar surface area (TPSA) is 79.3 Å². The summed E-state index contributed by atoms with van der Waals surface area (Å²) in [4.78, 5) is 18.9. The Bertz CT molecular complexity index is 1060. The molecular weight excluding hydrogens is 437 g/mol. The van der Waals surface area contributed by atoms with E-state index in [0.29, 0.717) is 44.4 Å². The fraction of sp³-hybridized carbons (Fsp3) is 0.409. The lowest BCUT2D eigenvalue weighted by Crippen LogP contribution is -2.34. The maximum atomic E-state index is 12.4. The second-order valence-corrected chi connectivity index (χ2v) is 7.85. The van der Waals surface area contributed by atoms with Crippen LogP contribution in [0, 0.1) is 0 Å². The molecule has 1 fully saturated rings. The standard InChI is InChI=1S/C22H25F3N6O2/c1-16(32)29-11-3-12-30(15-14-29)21-28-27-20(19-4-2-10-26-19)31(21)13-9-17-5-7-18(8-6-17)33-22(23,24)25/h2,4-8,10,26H,3,9,11-15H2,1H3. The Balaban J connectivity index is 1.53. The lowest BCUT2D eigenvalue weighted by atomic mass is 10.1. The number of nitrogens with one attached hydrogen (secondary N) is 1. The molecule has 11 heteroatoms. The number of hydrogen-bond donors (Lipinski definition) is 1. The molecule has 0 unspecified atom stereocenters. The van der Waals surface area contributed by atoms with Crippen LogP contribution in [0.2, 0.25) is 0 Å². The van der Waals surface area contributed by atoms with Crippen LogP contribution in [0.4, 0.5) is 19.1 Å².